The number of aliphatic hydroxyl groups is 1. The molecule has 2 saturated carbocycles. The average Bonchev–Trinajstić information content (AvgIpc) is 3.03. The number of amides is 1. The van der Waals surface area contributed by atoms with Crippen LogP contribution < -0.4 is 0 Å². The van der Waals surface area contributed by atoms with Crippen LogP contribution in [0.2, 0.25) is 0 Å². The molecule has 1 atom stereocenters. The van der Waals surface area contributed by atoms with Crippen LogP contribution in [-0.4, -0.2) is 35.1 Å². The van der Waals surface area contributed by atoms with E-state index in [9.17, 15) is 9.90 Å². The maximum atomic E-state index is 11.8. The number of carbonyl (C=O) groups is 1. The first-order valence-electron chi connectivity index (χ1n) is 5.67. The van der Waals surface area contributed by atoms with Crippen molar-refractivity contribution in [1.82, 2.24) is 4.90 Å². The lowest BCUT2D eigenvalue weighted by molar-refractivity contribution is -0.140. The normalized spacial score (nSPS) is 30.8. The van der Waals surface area contributed by atoms with Crippen LogP contribution in [-0.2, 0) is 4.79 Å². The predicted molar refractivity (Wildman–Crippen MR) is 51.6 cm³/mol. The van der Waals surface area contributed by atoms with Gasteiger partial charge in [-0.25, -0.2) is 0 Å². The molecule has 3 rings (SSSR count). The Hall–Kier alpha value is -0.570. The Morgan fingerprint density at radius 3 is 2.57 bits per heavy atom. The molecule has 2 aliphatic carbocycles. The maximum absolute atomic E-state index is 11.8. The van der Waals surface area contributed by atoms with Gasteiger partial charge in [-0.2, -0.15) is 0 Å². The van der Waals surface area contributed by atoms with E-state index < -0.39 is 6.10 Å². The molecule has 0 bridgehead atoms. The zero-order valence-corrected chi connectivity index (χ0v) is 8.41. The van der Waals surface area contributed by atoms with Gasteiger partial charge in [0.05, 0.1) is 0 Å². The summed E-state index contributed by atoms with van der Waals surface area (Å²) in [6.07, 6.45) is 5.12. The summed E-state index contributed by atoms with van der Waals surface area (Å²) in [6.45, 7) is 1.79. The van der Waals surface area contributed by atoms with Gasteiger partial charge in [0.25, 0.3) is 5.91 Å². The minimum atomic E-state index is -0.691. The molecule has 1 amide bonds. The summed E-state index contributed by atoms with van der Waals surface area (Å²) in [5, 5.41) is 9.72. The maximum Gasteiger partial charge on any atom is 0.251 e. The van der Waals surface area contributed by atoms with Crippen molar-refractivity contribution < 1.29 is 9.90 Å². The summed E-state index contributed by atoms with van der Waals surface area (Å²) in [4.78, 5) is 13.7. The van der Waals surface area contributed by atoms with Crippen molar-refractivity contribution in [2.24, 2.45) is 11.3 Å². The topological polar surface area (TPSA) is 40.5 Å². The molecule has 3 fully saturated rings. The molecule has 14 heavy (non-hydrogen) atoms. The number of aliphatic hydroxyl groups excluding tert-OH is 1. The lowest BCUT2D eigenvalue weighted by atomic mass is 10.1. The van der Waals surface area contributed by atoms with Crippen LogP contribution in [0.4, 0.5) is 0 Å². The van der Waals surface area contributed by atoms with Gasteiger partial charge in [-0.3, -0.25) is 4.79 Å². The van der Waals surface area contributed by atoms with Gasteiger partial charge in [0, 0.05) is 13.1 Å². The van der Waals surface area contributed by atoms with Gasteiger partial charge in [0.1, 0.15) is 6.10 Å². The first kappa shape index (κ1) is 8.72. The molecule has 0 aromatic rings. The van der Waals surface area contributed by atoms with E-state index in [1.807, 2.05) is 4.90 Å². The minimum absolute atomic E-state index is 0.00345. The molecule has 1 N–H and O–H groups in total. The molecule has 1 aliphatic heterocycles. The third-order valence-corrected chi connectivity index (χ3v) is 4.03. The van der Waals surface area contributed by atoms with Gasteiger partial charge in [-0.05, 0) is 43.4 Å². The second-order valence-electron chi connectivity index (χ2n) is 5.29. The van der Waals surface area contributed by atoms with Gasteiger partial charge in [-0.1, -0.05) is 0 Å². The zero-order valence-electron chi connectivity index (χ0n) is 8.41. The molecule has 1 spiro atoms. The Labute approximate surface area is 84.1 Å². The smallest absolute Gasteiger partial charge is 0.251 e. The molecule has 0 aromatic heterocycles. The molecule has 3 nitrogen and oxygen atoms in total. The third-order valence-electron chi connectivity index (χ3n) is 4.03. The van der Waals surface area contributed by atoms with Gasteiger partial charge in [0.2, 0.25) is 0 Å². The second kappa shape index (κ2) is 2.72. The number of carbonyl (C=O) groups excluding carboxylic acids is 1. The van der Waals surface area contributed by atoms with Gasteiger partial charge < -0.3 is 10.0 Å². The fourth-order valence-corrected chi connectivity index (χ4v) is 2.51. The molecule has 1 saturated heterocycles. The van der Waals surface area contributed by atoms with Crippen molar-refractivity contribution in [2.75, 3.05) is 13.1 Å². The van der Waals surface area contributed by atoms with E-state index >= 15 is 0 Å². The number of rotatable bonds is 2. The van der Waals surface area contributed by atoms with Crippen molar-refractivity contribution in [3.05, 3.63) is 0 Å². The number of hydrogen-bond acceptors (Lipinski definition) is 2. The van der Waals surface area contributed by atoms with E-state index in [0.717, 1.165) is 32.4 Å². The highest BCUT2D eigenvalue weighted by Crippen LogP contribution is 2.52. The predicted octanol–water partition coefficient (Wildman–Crippen LogP) is 0.770. The van der Waals surface area contributed by atoms with Crippen LogP contribution in [0.15, 0.2) is 0 Å². The molecule has 3 heteroatoms. The molecular formula is C11H17NO2. The van der Waals surface area contributed by atoms with E-state index in [1.54, 1.807) is 0 Å². The van der Waals surface area contributed by atoms with Gasteiger partial charge in [-0.15, -0.1) is 0 Å². The van der Waals surface area contributed by atoms with Crippen molar-refractivity contribution in [1.29, 1.82) is 0 Å². The lowest BCUT2D eigenvalue weighted by Crippen LogP contribution is -2.38. The van der Waals surface area contributed by atoms with Crippen molar-refractivity contribution in [3.8, 4) is 0 Å². The molecular weight excluding hydrogens is 178 g/mol. The lowest BCUT2D eigenvalue weighted by Gasteiger charge is -2.19. The monoisotopic (exact) mass is 195 g/mol. The summed E-state index contributed by atoms with van der Waals surface area (Å²) in [5.41, 5.74) is 0.485. The molecule has 0 unspecified atom stereocenters. The highest BCUT2D eigenvalue weighted by atomic mass is 16.3. The zero-order chi connectivity index (χ0) is 9.76. The van der Waals surface area contributed by atoms with E-state index in [4.69, 9.17) is 0 Å². The summed E-state index contributed by atoms with van der Waals surface area (Å²) in [5.74, 6) is 0.273. The number of likely N-dealkylation sites (tertiary alicyclic amines) is 1. The van der Waals surface area contributed by atoms with Crippen LogP contribution in [0.1, 0.15) is 32.1 Å². The summed E-state index contributed by atoms with van der Waals surface area (Å²) >= 11 is 0. The first-order chi connectivity index (χ1) is 6.70. The molecule has 0 aromatic carbocycles. The fraction of sp³-hybridized carbons (Fsp3) is 0.909. The Morgan fingerprint density at radius 2 is 2.07 bits per heavy atom. The van der Waals surface area contributed by atoms with Crippen molar-refractivity contribution >= 4 is 5.91 Å². The van der Waals surface area contributed by atoms with E-state index in [2.05, 4.69) is 0 Å². The molecule has 3 aliphatic rings. The van der Waals surface area contributed by atoms with E-state index in [1.165, 1.54) is 12.8 Å². The largest absolute Gasteiger partial charge is 0.383 e. The molecule has 0 radical (unpaired) electrons. The molecule has 78 valence electrons. The third kappa shape index (κ3) is 1.34. The van der Waals surface area contributed by atoms with E-state index in [0.29, 0.717) is 5.41 Å². The SMILES string of the molecule is O=C([C@@H](O)C1CC1)N1CCC2(CC2)C1. The van der Waals surface area contributed by atoms with Crippen molar-refractivity contribution in [3.63, 3.8) is 0 Å². The Balaban J connectivity index is 1.62. The Kier molecular flexibility index (Phi) is 1.69. The van der Waals surface area contributed by atoms with E-state index in [-0.39, 0.29) is 11.8 Å². The quantitative estimate of drug-likeness (QED) is 0.707. The highest BCUT2D eigenvalue weighted by molar-refractivity contribution is 5.81. The summed E-state index contributed by atoms with van der Waals surface area (Å²) < 4.78 is 0. The summed E-state index contributed by atoms with van der Waals surface area (Å²) in [6, 6.07) is 0. The van der Waals surface area contributed by atoms with Crippen LogP contribution in [0.3, 0.4) is 0 Å². The van der Waals surface area contributed by atoms with Crippen LogP contribution in [0, 0.1) is 11.3 Å². The fourth-order valence-electron chi connectivity index (χ4n) is 2.51. The standard InChI is InChI=1S/C11H17NO2/c13-9(8-1-2-8)10(14)12-6-5-11(7-12)3-4-11/h8-9,13H,1-7H2/t9-/m0/s1. The van der Waals surface area contributed by atoms with Crippen LogP contribution >= 0.6 is 0 Å². The molecule has 1 heterocycles. The Bertz CT molecular complexity index is 268. The van der Waals surface area contributed by atoms with Crippen LogP contribution in [0.5, 0.6) is 0 Å². The van der Waals surface area contributed by atoms with Gasteiger partial charge in [0.15, 0.2) is 0 Å². The highest BCUT2D eigenvalue weighted by Gasteiger charge is 2.50. The van der Waals surface area contributed by atoms with Gasteiger partial charge >= 0.3 is 0 Å². The minimum Gasteiger partial charge on any atom is -0.383 e. The van der Waals surface area contributed by atoms with Crippen molar-refractivity contribution in [2.45, 2.75) is 38.2 Å². The summed E-state index contributed by atoms with van der Waals surface area (Å²) in [7, 11) is 0. The van der Waals surface area contributed by atoms with Crippen LogP contribution in [0.25, 0.3) is 0 Å². The Morgan fingerprint density at radius 1 is 1.36 bits per heavy atom. The first-order valence-corrected chi connectivity index (χ1v) is 5.67. The average molecular weight is 195 g/mol. The number of nitrogens with zero attached hydrogens (tertiary/aromatic N) is 1. The number of hydrogen-bond donors (Lipinski definition) is 1. The second-order valence-corrected chi connectivity index (χ2v) is 5.29.